The van der Waals surface area contributed by atoms with Gasteiger partial charge in [-0.3, -0.25) is 14.4 Å². The highest BCUT2D eigenvalue weighted by atomic mass is 16.2. The first kappa shape index (κ1) is 13.1. The summed E-state index contributed by atoms with van der Waals surface area (Å²) in [5, 5.41) is 10.3. The van der Waals surface area contributed by atoms with Crippen LogP contribution in [0.2, 0.25) is 0 Å². The van der Waals surface area contributed by atoms with Gasteiger partial charge in [-0.1, -0.05) is 0 Å². The van der Waals surface area contributed by atoms with E-state index in [2.05, 4.69) is 15.7 Å². The SMILES string of the molecule is CCn1nc(C)cc1CN1C(=O)NC2(CCNC2)C1=O. The van der Waals surface area contributed by atoms with Gasteiger partial charge in [0.1, 0.15) is 5.54 Å². The Hall–Kier alpha value is -1.89. The van der Waals surface area contributed by atoms with E-state index in [9.17, 15) is 9.59 Å². The van der Waals surface area contributed by atoms with Crippen molar-refractivity contribution in [1.29, 1.82) is 0 Å². The van der Waals surface area contributed by atoms with Gasteiger partial charge >= 0.3 is 6.03 Å². The van der Waals surface area contributed by atoms with Gasteiger partial charge in [0.25, 0.3) is 5.91 Å². The lowest BCUT2D eigenvalue weighted by Crippen LogP contribution is -2.48. The number of aryl methyl sites for hydroxylation is 2. The van der Waals surface area contributed by atoms with Crippen molar-refractivity contribution in [2.75, 3.05) is 13.1 Å². The van der Waals surface area contributed by atoms with E-state index in [4.69, 9.17) is 0 Å². The van der Waals surface area contributed by atoms with Crippen LogP contribution in [-0.2, 0) is 17.9 Å². The molecule has 108 valence electrons. The number of carbonyl (C=O) groups is 2. The highest BCUT2D eigenvalue weighted by molar-refractivity contribution is 6.07. The summed E-state index contributed by atoms with van der Waals surface area (Å²) in [5.41, 5.74) is 1.05. The number of urea groups is 1. The molecule has 2 aliphatic heterocycles. The Morgan fingerprint density at radius 3 is 2.90 bits per heavy atom. The minimum Gasteiger partial charge on any atom is -0.322 e. The number of carbonyl (C=O) groups excluding carboxylic acids is 2. The van der Waals surface area contributed by atoms with Crippen LogP contribution in [0.3, 0.4) is 0 Å². The van der Waals surface area contributed by atoms with E-state index in [-0.39, 0.29) is 18.5 Å². The van der Waals surface area contributed by atoms with Crippen molar-refractivity contribution in [2.45, 2.75) is 38.9 Å². The third-order valence-electron chi connectivity index (χ3n) is 4.01. The van der Waals surface area contributed by atoms with Crippen molar-refractivity contribution in [2.24, 2.45) is 0 Å². The predicted molar refractivity (Wildman–Crippen MR) is 71.9 cm³/mol. The molecule has 20 heavy (non-hydrogen) atoms. The lowest BCUT2D eigenvalue weighted by molar-refractivity contribution is -0.131. The minimum absolute atomic E-state index is 0.131. The van der Waals surface area contributed by atoms with E-state index in [1.807, 2.05) is 24.6 Å². The van der Waals surface area contributed by atoms with E-state index < -0.39 is 5.54 Å². The molecule has 3 rings (SSSR count). The van der Waals surface area contributed by atoms with Crippen LogP contribution in [0.15, 0.2) is 6.07 Å². The van der Waals surface area contributed by atoms with Crippen molar-refractivity contribution < 1.29 is 9.59 Å². The van der Waals surface area contributed by atoms with Crippen LogP contribution in [0, 0.1) is 6.92 Å². The normalized spacial score (nSPS) is 25.8. The molecule has 0 bridgehead atoms. The van der Waals surface area contributed by atoms with Gasteiger partial charge in [-0.15, -0.1) is 0 Å². The van der Waals surface area contributed by atoms with E-state index in [1.165, 1.54) is 4.90 Å². The number of hydrogen-bond donors (Lipinski definition) is 2. The molecule has 1 aromatic heterocycles. The van der Waals surface area contributed by atoms with Crippen LogP contribution in [0.5, 0.6) is 0 Å². The molecular formula is C13H19N5O2. The first-order chi connectivity index (χ1) is 9.55. The number of amides is 3. The monoisotopic (exact) mass is 277 g/mol. The van der Waals surface area contributed by atoms with Crippen LogP contribution < -0.4 is 10.6 Å². The van der Waals surface area contributed by atoms with Crippen LogP contribution in [0.25, 0.3) is 0 Å². The predicted octanol–water partition coefficient (Wildman–Crippen LogP) is -0.00468. The fourth-order valence-electron chi connectivity index (χ4n) is 2.96. The molecule has 2 fully saturated rings. The topological polar surface area (TPSA) is 79.3 Å². The Morgan fingerprint density at radius 2 is 2.25 bits per heavy atom. The summed E-state index contributed by atoms with van der Waals surface area (Å²) in [6.45, 7) is 6.17. The standard InChI is InChI=1S/C13H19N5O2/c1-3-18-10(6-9(2)16-18)7-17-11(19)13(15-12(17)20)4-5-14-8-13/h6,14H,3-5,7-8H2,1-2H3,(H,15,20). The molecule has 7 heteroatoms. The molecule has 0 saturated carbocycles. The molecule has 1 aromatic rings. The summed E-state index contributed by atoms with van der Waals surface area (Å²) in [6.07, 6.45) is 0.653. The second-order valence-corrected chi connectivity index (χ2v) is 5.42. The summed E-state index contributed by atoms with van der Waals surface area (Å²) >= 11 is 0. The molecule has 0 radical (unpaired) electrons. The molecule has 0 aromatic carbocycles. The van der Waals surface area contributed by atoms with Gasteiger partial charge in [0, 0.05) is 13.1 Å². The number of aromatic nitrogens is 2. The Labute approximate surface area is 117 Å². The molecule has 1 atom stereocenters. The second-order valence-electron chi connectivity index (χ2n) is 5.42. The zero-order valence-corrected chi connectivity index (χ0v) is 11.8. The highest BCUT2D eigenvalue weighted by Crippen LogP contribution is 2.25. The number of nitrogens with zero attached hydrogens (tertiary/aromatic N) is 3. The molecule has 2 saturated heterocycles. The summed E-state index contributed by atoms with van der Waals surface area (Å²) in [5.74, 6) is -0.131. The van der Waals surface area contributed by atoms with Gasteiger partial charge in [-0.25, -0.2) is 4.79 Å². The van der Waals surface area contributed by atoms with Gasteiger partial charge < -0.3 is 10.6 Å². The van der Waals surface area contributed by atoms with Crippen molar-refractivity contribution >= 4 is 11.9 Å². The average molecular weight is 277 g/mol. The molecule has 1 unspecified atom stereocenters. The smallest absolute Gasteiger partial charge is 0.322 e. The first-order valence-corrected chi connectivity index (χ1v) is 6.94. The molecule has 2 aliphatic rings. The van der Waals surface area contributed by atoms with Crippen LogP contribution in [0.4, 0.5) is 4.79 Å². The number of rotatable bonds is 3. The molecule has 2 N–H and O–H groups in total. The fraction of sp³-hybridized carbons (Fsp3) is 0.615. The maximum Gasteiger partial charge on any atom is 0.325 e. The van der Waals surface area contributed by atoms with Crippen molar-refractivity contribution in [1.82, 2.24) is 25.3 Å². The number of hydrogen-bond acceptors (Lipinski definition) is 4. The Bertz CT molecular complexity index is 559. The maximum absolute atomic E-state index is 12.5. The van der Waals surface area contributed by atoms with Crippen LogP contribution in [0.1, 0.15) is 24.7 Å². The summed E-state index contributed by atoms with van der Waals surface area (Å²) in [6, 6.07) is 1.61. The maximum atomic E-state index is 12.5. The average Bonchev–Trinajstić information content (AvgIpc) is 3.07. The molecule has 1 spiro atoms. The van der Waals surface area contributed by atoms with E-state index in [1.54, 1.807) is 0 Å². The zero-order valence-electron chi connectivity index (χ0n) is 11.8. The van der Waals surface area contributed by atoms with Gasteiger partial charge in [-0.2, -0.15) is 5.10 Å². The van der Waals surface area contributed by atoms with Crippen molar-refractivity contribution in [3.63, 3.8) is 0 Å². The lowest BCUT2D eigenvalue weighted by atomic mass is 9.99. The summed E-state index contributed by atoms with van der Waals surface area (Å²) in [4.78, 5) is 25.9. The van der Waals surface area contributed by atoms with Crippen molar-refractivity contribution in [3.05, 3.63) is 17.5 Å². The molecule has 0 aliphatic carbocycles. The van der Waals surface area contributed by atoms with Crippen molar-refractivity contribution in [3.8, 4) is 0 Å². The Kier molecular flexibility index (Phi) is 3.01. The van der Waals surface area contributed by atoms with Gasteiger partial charge in [0.05, 0.1) is 17.9 Å². The summed E-state index contributed by atoms with van der Waals surface area (Å²) in [7, 11) is 0. The van der Waals surface area contributed by atoms with E-state index in [0.717, 1.165) is 24.5 Å². The van der Waals surface area contributed by atoms with Crippen LogP contribution >= 0.6 is 0 Å². The minimum atomic E-state index is -0.733. The Balaban J connectivity index is 1.84. The van der Waals surface area contributed by atoms with E-state index in [0.29, 0.717) is 13.0 Å². The second kappa shape index (κ2) is 4.59. The van der Waals surface area contributed by atoms with E-state index >= 15 is 0 Å². The van der Waals surface area contributed by atoms with Gasteiger partial charge in [-0.05, 0) is 32.9 Å². The molecule has 3 amide bonds. The first-order valence-electron chi connectivity index (χ1n) is 6.94. The largest absolute Gasteiger partial charge is 0.325 e. The van der Waals surface area contributed by atoms with Gasteiger partial charge in [0.15, 0.2) is 0 Å². The number of imide groups is 1. The van der Waals surface area contributed by atoms with Gasteiger partial charge in [0.2, 0.25) is 0 Å². The lowest BCUT2D eigenvalue weighted by Gasteiger charge is -2.19. The zero-order chi connectivity index (χ0) is 14.3. The molecule has 7 nitrogen and oxygen atoms in total. The molecular weight excluding hydrogens is 258 g/mol. The summed E-state index contributed by atoms with van der Waals surface area (Å²) < 4.78 is 1.83. The fourth-order valence-corrected chi connectivity index (χ4v) is 2.96. The highest BCUT2D eigenvalue weighted by Gasteiger charge is 2.52. The third kappa shape index (κ3) is 1.89. The number of nitrogens with one attached hydrogen (secondary N) is 2. The quantitative estimate of drug-likeness (QED) is 0.762. The molecule has 3 heterocycles. The Morgan fingerprint density at radius 1 is 1.45 bits per heavy atom. The third-order valence-corrected chi connectivity index (χ3v) is 4.01. The van der Waals surface area contributed by atoms with Crippen LogP contribution in [-0.4, -0.2) is 45.2 Å².